The zero-order valence-corrected chi connectivity index (χ0v) is 10.1. The quantitative estimate of drug-likeness (QED) is 0.880. The molecule has 0 spiro atoms. The van der Waals surface area contributed by atoms with Crippen LogP contribution in [0.2, 0.25) is 0 Å². The Labute approximate surface area is 107 Å². The third kappa shape index (κ3) is 2.92. The fraction of sp³-hybridized carbons (Fsp3) is 0.0833. The van der Waals surface area contributed by atoms with E-state index in [4.69, 9.17) is 5.11 Å². The fourth-order valence-corrected chi connectivity index (χ4v) is 2.11. The number of thiophene rings is 1. The van der Waals surface area contributed by atoms with Crippen molar-refractivity contribution in [2.24, 2.45) is 0 Å². The molecule has 92 valence electrons. The second-order valence-corrected chi connectivity index (χ2v) is 4.59. The minimum absolute atomic E-state index is 0.157. The Morgan fingerprint density at radius 3 is 2.44 bits per heavy atom. The molecule has 0 aliphatic rings. The molecule has 0 saturated heterocycles. The van der Waals surface area contributed by atoms with Gasteiger partial charge in [-0.15, -0.1) is 11.3 Å². The highest BCUT2D eigenvalue weighted by atomic mass is 32.1. The molecule has 0 unspecified atom stereocenters. The Hall–Kier alpha value is -2.21. The molecule has 5 nitrogen and oxygen atoms in total. The molecule has 6 heteroatoms. The first kappa shape index (κ1) is 12.3. The molecular weight excluding hydrogens is 252 g/mol. The molecule has 1 amide bonds. The average molecular weight is 262 g/mol. The molecule has 0 aliphatic heterocycles. The van der Waals surface area contributed by atoms with E-state index in [0.29, 0.717) is 11.4 Å². The van der Waals surface area contributed by atoms with Crippen LogP contribution in [0.5, 0.6) is 0 Å². The zero-order valence-electron chi connectivity index (χ0n) is 9.29. The number of hydrogen-bond acceptors (Lipinski definition) is 4. The molecule has 0 saturated carbocycles. The first-order valence-electron chi connectivity index (χ1n) is 5.17. The average Bonchev–Trinajstić information content (AvgIpc) is 2.87. The van der Waals surface area contributed by atoms with Crippen molar-refractivity contribution < 1.29 is 14.7 Å². The summed E-state index contributed by atoms with van der Waals surface area (Å²) in [6.07, 6.45) is 3.30. The van der Waals surface area contributed by atoms with Gasteiger partial charge in [0.1, 0.15) is 4.88 Å². The summed E-state index contributed by atoms with van der Waals surface area (Å²) >= 11 is 0.960. The number of aromatic carboxylic acids is 1. The summed E-state index contributed by atoms with van der Waals surface area (Å²) in [4.78, 5) is 26.9. The van der Waals surface area contributed by atoms with Gasteiger partial charge in [-0.2, -0.15) is 0 Å². The lowest BCUT2D eigenvalue weighted by Crippen LogP contribution is -2.21. The highest BCUT2D eigenvalue weighted by molar-refractivity contribution is 7.15. The number of hydrogen-bond donors (Lipinski definition) is 2. The largest absolute Gasteiger partial charge is 0.477 e. The van der Waals surface area contributed by atoms with E-state index in [1.165, 1.54) is 12.1 Å². The topological polar surface area (TPSA) is 79.3 Å². The SMILES string of the molecule is O=C(O)c1ccc(C(=O)NCc2ccncc2)s1. The van der Waals surface area contributed by atoms with Crippen molar-refractivity contribution >= 4 is 23.2 Å². The van der Waals surface area contributed by atoms with E-state index in [2.05, 4.69) is 10.3 Å². The lowest BCUT2D eigenvalue weighted by Gasteiger charge is -2.02. The van der Waals surface area contributed by atoms with Gasteiger partial charge in [-0.1, -0.05) is 0 Å². The lowest BCUT2D eigenvalue weighted by molar-refractivity contribution is 0.0702. The molecule has 2 rings (SSSR count). The molecule has 0 fully saturated rings. The summed E-state index contributed by atoms with van der Waals surface area (Å²) in [7, 11) is 0. The predicted molar refractivity (Wildman–Crippen MR) is 66.7 cm³/mol. The zero-order chi connectivity index (χ0) is 13.0. The fourth-order valence-electron chi connectivity index (χ4n) is 1.34. The summed E-state index contributed by atoms with van der Waals surface area (Å²) in [6.45, 7) is 0.391. The third-order valence-corrected chi connectivity index (χ3v) is 3.32. The monoisotopic (exact) mass is 262 g/mol. The van der Waals surface area contributed by atoms with Crippen molar-refractivity contribution in [1.29, 1.82) is 0 Å². The maximum absolute atomic E-state index is 11.7. The summed E-state index contributed by atoms with van der Waals surface area (Å²) in [5, 5.41) is 11.5. The molecular formula is C12H10N2O3S. The van der Waals surface area contributed by atoms with Gasteiger partial charge in [0, 0.05) is 18.9 Å². The smallest absolute Gasteiger partial charge is 0.345 e. The van der Waals surface area contributed by atoms with Gasteiger partial charge in [0.25, 0.3) is 5.91 Å². The van der Waals surface area contributed by atoms with E-state index in [9.17, 15) is 9.59 Å². The van der Waals surface area contributed by atoms with Crippen LogP contribution in [0.4, 0.5) is 0 Å². The number of pyridine rings is 1. The van der Waals surface area contributed by atoms with Gasteiger partial charge in [-0.3, -0.25) is 9.78 Å². The normalized spacial score (nSPS) is 10.0. The van der Waals surface area contributed by atoms with E-state index in [-0.39, 0.29) is 10.8 Å². The molecule has 2 heterocycles. The number of carbonyl (C=O) groups is 2. The van der Waals surface area contributed by atoms with Crippen LogP contribution in [0.1, 0.15) is 24.9 Å². The Bertz CT molecular complexity index is 566. The summed E-state index contributed by atoms with van der Waals surface area (Å²) in [6, 6.07) is 6.54. The third-order valence-electron chi connectivity index (χ3n) is 2.24. The van der Waals surface area contributed by atoms with Gasteiger partial charge >= 0.3 is 5.97 Å². The van der Waals surface area contributed by atoms with Crippen LogP contribution in [0.25, 0.3) is 0 Å². The van der Waals surface area contributed by atoms with E-state index < -0.39 is 5.97 Å². The van der Waals surface area contributed by atoms with Gasteiger partial charge in [0.2, 0.25) is 0 Å². The van der Waals surface area contributed by atoms with Gasteiger partial charge in [0.15, 0.2) is 0 Å². The maximum atomic E-state index is 11.7. The van der Waals surface area contributed by atoms with Crippen LogP contribution in [-0.2, 0) is 6.54 Å². The van der Waals surface area contributed by atoms with Crippen molar-refractivity contribution in [3.8, 4) is 0 Å². The summed E-state index contributed by atoms with van der Waals surface area (Å²) in [5.74, 6) is -1.29. The number of aromatic nitrogens is 1. The van der Waals surface area contributed by atoms with Crippen LogP contribution in [0.15, 0.2) is 36.7 Å². The van der Waals surface area contributed by atoms with Crippen molar-refractivity contribution in [3.05, 3.63) is 52.0 Å². The molecule has 0 radical (unpaired) electrons. The number of nitrogens with one attached hydrogen (secondary N) is 1. The van der Waals surface area contributed by atoms with Gasteiger partial charge < -0.3 is 10.4 Å². The van der Waals surface area contributed by atoms with Crippen LogP contribution in [0.3, 0.4) is 0 Å². The first-order valence-corrected chi connectivity index (χ1v) is 5.98. The number of carbonyl (C=O) groups excluding carboxylic acids is 1. The minimum atomic E-state index is -1.02. The van der Waals surface area contributed by atoms with Crippen molar-refractivity contribution in [1.82, 2.24) is 10.3 Å². The number of carboxylic acids is 1. The Balaban J connectivity index is 1.97. The highest BCUT2D eigenvalue weighted by Gasteiger charge is 2.12. The lowest BCUT2D eigenvalue weighted by atomic mass is 10.2. The van der Waals surface area contributed by atoms with Crippen LogP contribution >= 0.6 is 11.3 Å². The standard InChI is InChI=1S/C12H10N2O3S/c15-11(9-1-2-10(18-9)12(16)17)14-7-8-3-5-13-6-4-8/h1-6H,7H2,(H,14,15)(H,16,17). The summed E-state index contributed by atoms with van der Waals surface area (Å²) < 4.78 is 0. The molecule has 0 atom stereocenters. The molecule has 18 heavy (non-hydrogen) atoms. The predicted octanol–water partition coefficient (Wildman–Crippen LogP) is 1.77. The van der Waals surface area contributed by atoms with Crippen molar-refractivity contribution in [3.63, 3.8) is 0 Å². The number of rotatable bonds is 4. The molecule has 0 aromatic carbocycles. The Morgan fingerprint density at radius 2 is 1.83 bits per heavy atom. The number of carboxylic acid groups (broad SMARTS) is 1. The molecule has 0 aliphatic carbocycles. The Morgan fingerprint density at radius 1 is 1.17 bits per heavy atom. The number of nitrogens with zero attached hydrogens (tertiary/aromatic N) is 1. The van der Waals surface area contributed by atoms with Crippen LogP contribution < -0.4 is 5.32 Å². The van der Waals surface area contributed by atoms with E-state index in [1.807, 2.05) is 0 Å². The summed E-state index contributed by atoms with van der Waals surface area (Å²) in [5.41, 5.74) is 0.938. The van der Waals surface area contributed by atoms with E-state index in [1.54, 1.807) is 24.5 Å². The molecule has 2 N–H and O–H groups in total. The van der Waals surface area contributed by atoms with Crippen molar-refractivity contribution in [2.45, 2.75) is 6.54 Å². The Kier molecular flexibility index (Phi) is 3.69. The molecule has 0 bridgehead atoms. The van der Waals surface area contributed by atoms with Crippen LogP contribution in [0, 0.1) is 0 Å². The number of amides is 1. The van der Waals surface area contributed by atoms with Crippen LogP contribution in [-0.4, -0.2) is 22.0 Å². The van der Waals surface area contributed by atoms with Gasteiger partial charge in [0.05, 0.1) is 4.88 Å². The highest BCUT2D eigenvalue weighted by Crippen LogP contribution is 2.16. The first-order chi connectivity index (χ1) is 8.66. The van der Waals surface area contributed by atoms with E-state index in [0.717, 1.165) is 16.9 Å². The van der Waals surface area contributed by atoms with Gasteiger partial charge in [-0.05, 0) is 29.8 Å². The minimum Gasteiger partial charge on any atom is -0.477 e. The molecule has 2 aromatic heterocycles. The molecule has 2 aromatic rings. The van der Waals surface area contributed by atoms with E-state index >= 15 is 0 Å². The maximum Gasteiger partial charge on any atom is 0.345 e. The second kappa shape index (κ2) is 5.42. The second-order valence-electron chi connectivity index (χ2n) is 3.51. The van der Waals surface area contributed by atoms with Crippen molar-refractivity contribution in [2.75, 3.05) is 0 Å². The van der Waals surface area contributed by atoms with Gasteiger partial charge in [-0.25, -0.2) is 4.79 Å².